The Morgan fingerprint density at radius 2 is 2.04 bits per heavy atom. The Bertz CT molecular complexity index is 603. The van der Waals surface area contributed by atoms with Crippen LogP contribution in [0.15, 0.2) is 24.3 Å². The summed E-state index contributed by atoms with van der Waals surface area (Å²) in [6.45, 7) is 7.14. The highest BCUT2D eigenvalue weighted by molar-refractivity contribution is 5.94. The lowest BCUT2D eigenvalue weighted by atomic mass is 9.97. The van der Waals surface area contributed by atoms with Crippen LogP contribution in [0.5, 0.6) is 0 Å². The van der Waals surface area contributed by atoms with Crippen LogP contribution in [0.3, 0.4) is 0 Å². The fraction of sp³-hybridized carbons (Fsp3) is 0.579. The van der Waals surface area contributed by atoms with Gasteiger partial charge in [-0.05, 0) is 51.3 Å². The Balaban J connectivity index is 1.95. The van der Waals surface area contributed by atoms with Gasteiger partial charge < -0.3 is 15.0 Å². The second-order valence-electron chi connectivity index (χ2n) is 6.91. The van der Waals surface area contributed by atoms with Crippen molar-refractivity contribution in [1.29, 1.82) is 0 Å². The Morgan fingerprint density at radius 3 is 2.68 bits per heavy atom. The van der Waals surface area contributed by atoms with Gasteiger partial charge in [0.05, 0.1) is 6.10 Å². The first-order valence-corrected chi connectivity index (χ1v) is 8.78. The molecule has 1 N–H and O–H groups in total. The Morgan fingerprint density at radius 1 is 1.36 bits per heavy atom. The summed E-state index contributed by atoms with van der Waals surface area (Å²) < 4.78 is 18.5. The van der Waals surface area contributed by atoms with Gasteiger partial charge in [0.15, 0.2) is 0 Å². The van der Waals surface area contributed by atoms with Crippen molar-refractivity contribution in [3.63, 3.8) is 0 Å². The van der Waals surface area contributed by atoms with Crippen LogP contribution >= 0.6 is 0 Å². The van der Waals surface area contributed by atoms with Crippen molar-refractivity contribution in [2.24, 2.45) is 0 Å². The number of amides is 2. The van der Waals surface area contributed by atoms with Crippen LogP contribution in [-0.4, -0.2) is 41.5 Å². The Kier molecular flexibility index (Phi) is 6.53. The number of nitrogens with one attached hydrogen (secondary N) is 1. The van der Waals surface area contributed by atoms with Crippen LogP contribution in [-0.2, 0) is 20.9 Å². The summed E-state index contributed by atoms with van der Waals surface area (Å²) in [5.74, 6) is -0.518. The average Bonchev–Trinajstić information content (AvgIpc) is 2.85. The Hall–Kier alpha value is -1.95. The van der Waals surface area contributed by atoms with Crippen molar-refractivity contribution in [2.45, 2.75) is 58.2 Å². The molecule has 1 aliphatic rings. The maximum Gasteiger partial charge on any atom is 0.245 e. The van der Waals surface area contributed by atoms with E-state index in [1.807, 2.05) is 13.8 Å². The van der Waals surface area contributed by atoms with E-state index in [1.165, 1.54) is 12.1 Å². The number of carbonyl (C=O) groups excluding carboxylic acids is 2. The SMILES string of the molecule is CC(C)OCCCNC(=O)[C@]1(C)CCC(=O)N1Cc1ccc(F)cc1. The first-order chi connectivity index (χ1) is 11.8. The molecule has 0 spiro atoms. The minimum absolute atomic E-state index is 0.0508. The zero-order chi connectivity index (χ0) is 18.4. The number of hydrogen-bond donors (Lipinski definition) is 1. The summed E-state index contributed by atoms with van der Waals surface area (Å²) >= 11 is 0. The molecule has 0 bridgehead atoms. The van der Waals surface area contributed by atoms with Gasteiger partial charge >= 0.3 is 0 Å². The molecule has 1 aromatic carbocycles. The molecule has 1 aromatic rings. The first kappa shape index (κ1) is 19.4. The van der Waals surface area contributed by atoms with Crippen LogP contribution in [0.4, 0.5) is 4.39 Å². The van der Waals surface area contributed by atoms with Crippen LogP contribution in [0, 0.1) is 5.82 Å². The fourth-order valence-corrected chi connectivity index (χ4v) is 2.95. The molecule has 2 amide bonds. The molecule has 0 aromatic heterocycles. The second-order valence-corrected chi connectivity index (χ2v) is 6.91. The van der Waals surface area contributed by atoms with Crippen LogP contribution < -0.4 is 5.32 Å². The normalized spacial score (nSPS) is 20.4. The zero-order valence-corrected chi connectivity index (χ0v) is 15.2. The second kappa shape index (κ2) is 8.43. The number of ether oxygens (including phenoxy) is 1. The van der Waals surface area contributed by atoms with E-state index in [0.717, 1.165) is 12.0 Å². The highest BCUT2D eigenvalue weighted by atomic mass is 19.1. The van der Waals surface area contributed by atoms with Gasteiger partial charge in [-0.15, -0.1) is 0 Å². The van der Waals surface area contributed by atoms with Crippen molar-refractivity contribution in [3.05, 3.63) is 35.6 Å². The van der Waals surface area contributed by atoms with Gasteiger partial charge in [-0.25, -0.2) is 4.39 Å². The fourth-order valence-electron chi connectivity index (χ4n) is 2.95. The standard InChI is InChI=1S/C19H27FN2O3/c1-14(2)25-12-4-11-21-18(24)19(3)10-9-17(23)22(19)13-15-5-7-16(20)8-6-15/h5-8,14H,4,9-13H2,1-3H3,(H,21,24)/t19-/m0/s1. The van der Waals surface area contributed by atoms with E-state index < -0.39 is 5.54 Å². The summed E-state index contributed by atoms with van der Waals surface area (Å²) in [5.41, 5.74) is -0.0642. The molecule has 0 saturated carbocycles. The zero-order valence-electron chi connectivity index (χ0n) is 15.2. The summed E-state index contributed by atoms with van der Waals surface area (Å²) in [6.07, 6.45) is 1.74. The maximum atomic E-state index is 13.1. The Labute approximate surface area is 148 Å². The largest absolute Gasteiger partial charge is 0.379 e. The number of benzene rings is 1. The molecule has 0 radical (unpaired) electrons. The first-order valence-electron chi connectivity index (χ1n) is 8.78. The highest BCUT2D eigenvalue weighted by Gasteiger charge is 2.46. The molecule has 5 nitrogen and oxygen atoms in total. The van der Waals surface area contributed by atoms with Gasteiger partial charge in [0.25, 0.3) is 0 Å². The van der Waals surface area contributed by atoms with Crippen LogP contribution in [0.2, 0.25) is 0 Å². The molecule has 25 heavy (non-hydrogen) atoms. The third-order valence-corrected chi connectivity index (χ3v) is 4.52. The quantitative estimate of drug-likeness (QED) is 0.733. The van der Waals surface area contributed by atoms with Crippen molar-refractivity contribution >= 4 is 11.8 Å². The monoisotopic (exact) mass is 350 g/mol. The van der Waals surface area contributed by atoms with Crippen LogP contribution in [0.25, 0.3) is 0 Å². The van der Waals surface area contributed by atoms with Crippen LogP contribution in [0.1, 0.15) is 45.6 Å². The number of nitrogens with zero attached hydrogens (tertiary/aromatic N) is 1. The third kappa shape index (κ3) is 5.01. The van der Waals surface area contributed by atoms with E-state index in [4.69, 9.17) is 4.74 Å². The van der Waals surface area contributed by atoms with E-state index in [-0.39, 0.29) is 23.7 Å². The molecule has 2 rings (SSSR count). The number of likely N-dealkylation sites (tertiary alicyclic amines) is 1. The summed E-state index contributed by atoms with van der Waals surface area (Å²) in [5, 5.41) is 2.91. The molecule has 6 heteroatoms. The summed E-state index contributed by atoms with van der Waals surface area (Å²) in [4.78, 5) is 26.5. The molecule has 0 unspecified atom stereocenters. The molecule has 1 saturated heterocycles. The topological polar surface area (TPSA) is 58.6 Å². The van der Waals surface area contributed by atoms with Gasteiger partial charge in [-0.3, -0.25) is 9.59 Å². The van der Waals surface area contributed by atoms with E-state index >= 15 is 0 Å². The van der Waals surface area contributed by atoms with Crippen molar-refractivity contribution in [2.75, 3.05) is 13.2 Å². The molecule has 0 aliphatic carbocycles. The number of hydrogen-bond acceptors (Lipinski definition) is 3. The number of halogens is 1. The minimum Gasteiger partial charge on any atom is -0.379 e. The van der Waals surface area contributed by atoms with E-state index in [2.05, 4.69) is 5.32 Å². The molecular formula is C19H27FN2O3. The molecule has 1 aliphatic heterocycles. The van der Waals surface area contributed by atoms with Crippen molar-refractivity contribution < 1.29 is 18.7 Å². The predicted molar refractivity (Wildman–Crippen MR) is 93.3 cm³/mol. The van der Waals surface area contributed by atoms with Gasteiger partial charge in [-0.2, -0.15) is 0 Å². The predicted octanol–water partition coefficient (Wildman–Crippen LogP) is 2.64. The maximum absolute atomic E-state index is 13.1. The molecule has 1 fully saturated rings. The molecular weight excluding hydrogens is 323 g/mol. The van der Waals surface area contributed by atoms with Gasteiger partial charge in [0.1, 0.15) is 11.4 Å². The number of rotatable bonds is 8. The van der Waals surface area contributed by atoms with E-state index in [1.54, 1.807) is 24.0 Å². The van der Waals surface area contributed by atoms with E-state index in [9.17, 15) is 14.0 Å². The third-order valence-electron chi connectivity index (χ3n) is 4.52. The lowest BCUT2D eigenvalue weighted by Crippen LogP contribution is -2.54. The molecule has 1 heterocycles. The highest BCUT2D eigenvalue weighted by Crippen LogP contribution is 2.32. The summed E-state index contributed by atoms with van der Waals surface area (Å²) in [6, 6.07) is 6.01. The average molecular weight is 350 g/mol. The van der Waals surface area contributed by atoms with Gasteiger partial charge in [0.2, 0.25) is 11.8 Å². The molecule has 1 atom stereocenters. The van der Waals surface area contributed by atoms with Gasteiger partial charge in [0, 0.05) is 26.1 Å². The van der Waals surface area contributed by atoms with E-state index in [0.29, 0.717) is 32.5 Å². The van der Waals surface area contributed by atoms with Gasteiger partial charge in [-0.1, -0.05) is 12.1 Å². The smallest absolute Gasteiger partial charge is 0.245 e. The van der Waals surface area contributed by atoms with Crippen molar-refractivity contribution in [3.8, 4) is 0 Å². The number of carbonyl (C=O) groups is 2. The summed E-state index contributed by atoms with van der Waals surface area (Å²) in [7, 11) is 0. The van der Waals surface area contributed by atoms with Crippen molar-refractivity contribution in [1.82, 2.24) is 10.2 Å². The lowest BCUT2D eigenvalue weighted by molar-refractivity contribution is -0.141. The lowest BCUT2D eigenvalue weighted by Gasteiger charge is -2.34. The minimum atomic E-state index is -0.871. The molecule has 138 valence electrons.